The number of rotatable bonds is 4. The standard InChI is InChI=1S/C23H22O2/c24-23-8-4-7-20-13-14-21(15-22(20)23)25-16-17-9-11-19(12-10-17)18-5-2-1-3-6-18/h1-3,5-6,9-15,23-24H,4,7-8,16H2. The first-order chi connectivity index (χ1) is 12.3. The highest BCUT2D eigenvalue weighted by molar-refractivity contribution is 5.63. The van der Waals surface area contributed by atoms with Crippen LogP contribution in [0.25, 0.3) is 11.1 Å². The fraction of sp³-hybridized carbons (Fsp3) is 0.217. The van der Waals surface area contributed by atoms with Gasteiger partial charge in [-0.3, -0.25) is 0 Å². The van der Waals surface area contributed by atoms with Gasteiger partial charge in [-0.15, -0.1) is 0 Å². The van der Waals surface area contributed by atoms with Crippen LogP contribution in [0.3, 0.4) is 0 Å². The van der Waals surface area contributed by atoms with Gasteiger partial charge in [0.05, 0.1) is 6.10 Å². The molecule has 1 aliphatic rings. The molecule has 0 amide bonds. The molecular formula is C23H22O2. The van der Waals surface area contributed by atoms with Crippen LogP contribution < -0.4 is 4.74 Å². The Kier molecular flexibility index (Phi) is 4.53. The molecule has 0 heterocycles. The minimum absolute atomic E-state index is 0.350. The average molecular weight is 330 g/mol. The number of fused-ring (bicyclic) bond motifs is 1. The maximum absolute atomic E-state index is 10.2. The van der Waals surface area contributed by atoms with Crippen molar-refractivity contribution in [1.82, 2.24) is 0 Å². The van der Waals surface area contributed by atoms with Gasteiger partial charge in [-0.1, -0.05) is 60.7 Å². The van der Waals surface area contributed by atoms with Crippen LogP contribution in [0.4, 0.5) is 0 Å². The van der Waals surface area contributed by atoms with E-state index in [0.29, 0.717) is 6.61 Å². The van der Waals surface area contributed by atoms with Crippen LogP contribution >= 0.6 is 0 Å². The molecule has 3 aromatic rings. The van der Waals surface area contributed by atoms with Gasteiger partial charge in [0, 0.05) is 0 Å². The second-order valence-corrected chi connectivity index (χ2v) is 6.62. The Morgan fingerprint density at radius 2 is 1.64 bits per heavy atom. The van der Waals surface area contributed by atoms with Crippen molar-refractivity contribution in [2.45, 2.75) is 32.0 Å². The highest BCUT2D eigenvalue weighted by Gasteiger charge is 2.18. The zero-order valence-corrected chi connectivity index (χ0v) is 14.2. The van der Waals surface area contributed by atoms with Crippen molar-refractivity contribution in [2.75, 3.05) is 0 Å². The molecule has 1 unspecified atom stereocenters. The highest BCUT2D eigenvalue weighted by atomic mass is 16.5. The Balaban J connectivity index is 1.44. The van der Waals surface area contributed by atoms with Crippen LogP contribution in [0.5, 0.6) is 5.75 Å². The molecule has 0 saturated carbocycles. The molecule has 0 bridgehead atoms. The van der Waals surface area contributed by atoms with Crippen molar-refractivity contribution >= 4 is 0 Å². The summed E-state index contributed by atoms with van der Waals surface area (Å²) in [6.45, 7) is 0.532. The van der Waals surface area contributed by atoms with E-state index in [1.165, 1.54) is 16.7 Å². The van der Waals surface area contributed by atoms with Crippen molar-refractivity contribution in [1.29, 1.82) is 0 Å². The molecule has 0 aromatic heterocycles. The molecule has 2 heteroatoms. The Morgan fingerprint density at radius 1 is 0.880 bits per heavy atom. The molecule has 0 aliphatic heterocycles. The lowest BCUT2D eigenvalue weighted by Gasteiger charge is -2.22. The number of aryl methyl sites for hydroxylation is 1. The third-order valence-electron chi connectivity index (χ3n) is 4.87. The van der Waals surface area contributed by atoms with Gasteiger partial charge >= 0.3 is 0 Å². The predicted octanol–water partition coefficient (Wildman–Crippen LogP) is 5.30. The maximum atomic E-state index is 10.2. The summed E-state index contributed by atoms with van der Waals surface area (Å²) in [5, 5.41) is 10.2. The molecule has 1 aliphatic carbocycles. The monoisotopic (exact) mass is 330 g/mol. The fourth-order valence-electron chi connectivity index (χ4n) is 3.43. The zero-order chi connectivity index (χ0) is 17.1. The van der Waals surface area contributed by atoms with E-state index < -0.39 is 0 Å². The van der Waals surface area contributed by atoms with Crippen molar-refractivity contribution < 1.29 is 9.84 Å². The molecule has 0 fully saturated rings. The lowest BCUT2D eigenvalue weighted by Crippen LogP contribution is -2.09. The second kappa shape index (κ2) is 7.12. The fourth-order valence-corrected chi connectivity index (χ4v) is 3.43. The van der Waals surface area contributed by atoms with Gasteiger partial charge in [0.25, 0.3) is 0 Å². The van der Waals surface area contributed by atoms with Crippen LogP contribution in [0.1, 0.15) is 35.6 Å². The van der Waals surface area contributed by atoms with Gasteiger partial charge in [0.15, 0.2) is 0 Å². The first-order valence-electron chi connectivity index (χ1n) is 8.88. The van der Waals surface area contributed by atoms with E-state index in [-0.39, 0.29) is 6.10 Å². The van der Waals surface area contributed by atoms with E-state index in [1.54, 1.807) is 0 Å². The molecule has 126 valence electrons. The Hall–Kier alpha value is -2.58. The van der Waals surface area contributed by atoms with E-state index >= 15 is 0 Å². The van der Waals surface area contributed by atoms with Crippen LogP contribution in [0.15, 0.2) is 72.8 Å². The number of aliphatic hydroxyl groups excluding tert-OH is 1. The number of aliphatic hydroxyl groups is 1. The van der Waals surface area contributed by atoms with Crippen LogP contribution in [0.2, 0.25) is 0 Å². The summed E-state index contributed by atoms with van der Waals surface area (Å²) in [7, 11) is 0. The number of benzene rings is 3. The van der Waals surface area contributed by atoms with Gasteiger partial charge in [0.1, 0.15) is 12.4 Å². The van der Waals surface area contributed by atoms with Crippen LogP contribution in [-0.2, 0) is 13.0 Å². The van der Waals surface area contributed by atoms with Gasteiger partial charge in [-0.05, 0) is 59.2 Å². The van der Waals surface area contributed by atoms with E-state index in [4.69, 9.17) is 4.74 Å². The minimum atomic E-state index is -0.350. The van der Waals surface area contributed by atoms with Crippen molar-refractivity contribution in [3.8, 4) is 16.9 Å². The number of ether oxygens (including phenoxy) is 1. The summed E-state index contributed by atoms with van der Waals surface area (Å²) in [6.07, 6.45) is 2.60. The first-order valence-corrected chi connectivity index (χ1v) is 8.88. The first kappa shape index (κ1) is 15.9. The second-order valence-electron chi connectivity index (χ2n) is 6.62. The summed E-state index contributed by atoms with van der Waals surface area (Å²) >= 11 is 0. The number of hydrogen-bond acceptors (Lipinski definition) is 2. The predicted molar refractivity (Wildman–Crippen MR) is 101 cm³/mol. The molecule has 25 heavy (non-hydrogen) atoms. The summed E-state index contributed by atoms with van der Waals surface area (Å²) in [5.74, 6) is 0.826. The highest BCUT2D eigenvalue weighted by Crippen LogP contribution is 2.32. The van der Waals surface area contributed by atoms with Crippen molar-refractivity contribution in [3.63, 3.8) is 0 Å². The van der Waals surface area contributed by atoms with Gasteiger partial charge < -0.3 is 9.84 Å². The third kappa shape index (κ3) is 3.59. The molecule has 1 N–H and O–H groups in total. The summed E-state index contributed by atoms with van der Waals surface area (Å²) in [4.78, 5) is 0. The summed E-state index contributed by atoms with van der Waals surface area (Å²) in [6, 6.07) is 24.9. The topological polar surface area (TPSA) is 29.5 Å². The zero-order valence-electron chi connectivity index (χ0n) is 14.2. The smallest absolute Gasteiger partial charge is 0.120 e. The average Bonchev–Trinajstić information content (AvgIpc) is 2.68. The Bertz CT molecular complexity index is 838. The lowest BCUT2D eigenvalue weighted by atomic mass is 9.89. The van der Waals surface area contributed by atoms with E-state index in [9.17, 15) is 5.11 Å². The van der Waals surface area contributed by atoms with E-state index in [0.717, 1.165) is 36.1 Å². The Labute approximate surface area is 148 Å². The molecule has 0 spiro atoms. The molecule has 3 aromatic carbocycles. The number of hydrogen-bond donors (Lipinski definition) is 1. The maximum Gasteiger partial charge on any atom is 0.120 e. The van der Waals surface area contributed by atoms with Gasteiger partial charge in [-0.25, -0.2) is 0 Å². The van der Waals surface area contributed by atoms with Crippen LogP contribution in [-0.4, -0.2) is 5.11 Å². The lowest BCUT2D eigenvalue weighted by molar-refractivity contribution is 0.156. The SMILES string of the molecule is OC1CCCc2ccc(OCc3ccc(-c4ccccc4)cc3)cc21. The quantitative estimate of drug-likeness (QED) is 0.703. The third-order valence-corrected chi connectivity index (χ3v) is 4.87. The van der Waals surface area contributed by atoms with Crippen molar-refractivity contribution in [2.24, 2.45) is 0 Å². The minimum Gasteiger partial charge on any atom is -0.489 e. The largest absolute Gasteiger partial charge is 0.489 e. The van der Waals surface area contributed by atoms with Crippen molar-refractivity contribution in [3.05, 3.63) is 89.5 Å². The molecule has 1 atom stereocenters. The molecule has 2 nitrogen and oxygen atoms in total. The van der Waals surface area contributed by atoms with Gasteiger partial charge in [-0.2, -0.15) is 0 Å². The molecule has 0 saturated heterocycles. The molecular weight excluding hydrogens is 308 g/mol. The van der Waals surface area contributed by atoms with E-state index in [1.807, 2.05) is 18.2 Å². The van der Waals surface area contributed by atoms with Crippen LogP contribution in [0, 0.1) is 0 Å². The molecule has 0 radical (unpaired) electrons. The molecule has 4 rings (SSSR count). The normalized spacial score (nSPS) is 16.3. The van der Waals surface area contributed by atoms with Gasteiger partial charge in [0.2, 0.25) is 0 Å². The summed E-state index contributed by atoms with van der Waals surface area (Å²) < 4.78 is 5.94. The Morgan fingerprint density at radius 3 is 2.44 bits per heavy atom. The van der Waals surface area contributed by atoms with E-state index in [2.05, 4.69) is 54.6 Å². The summed E-state index contributed by atoms with van der Waals surface area (Å²) in [5.41, 5.74) is 5.85.